The normalized spacial score (nSPS) is 10.5. The van der Waals surface area contributed by atoms with Crippen LogP contribution in [0, 0.1) is 10.1 Å². The summed E-state index contributed by atoms with van der Waals surface area (Å²) >= 11 is 0. The van der Waals surface area contributed by atoms with Crippen LogP contribution >= 0.6 is 0 Å². The molecule has 134 valence electrons. The SMILES string of the molecule is CCCCC(=O)NCc1cc([N+](=O)[O-])cc2nc(OC)c(OC)nc12. The van der Waals surface area contributed by atoms with E-state index < -0.39 is 4.92 Å². The average molecular weight is 348 g/mol. The van der Waals surface area contributed by atoms with Crippen LogP contribution in [0.4, 0.5) is 5.69 Å². The Morgan fingerprint density at radius 3 is 2.52 bits per heavy atom. The zero-order valence-electron chi connectivity index (χ0n) is 14.4. The van der Waals surface area contributed by atoms with Crippen molar-refractivity contribution >= 4 is 22.6 Å². The fourth-order valence-corrected chi connectivity index (χ4v) is 2.31. The number of benzene rings is 1. The third kappa shape index (κ3) is 4.31. The van der Waals surface area contributed by atoms with Gasteiger partial charge in [0.2, 0.25) is 5.91 Å². The highest BCUT2D eigenvalue weighted by Gasteiger charge is 2.18. The second-order valence-electron chi connectivity index (χ2n) is 5.35. The maximum absolute atomic E-state index is 11.8. The number of nitro benzene ring substituents is 1. The van der Waals surface area contributed by atoms with Crippen LogP contribution in [0.1, 0.15) is 31.7 Å². The first-order valence-corrected chi connectivity index (χ1v) is 7.83. The lowest BCUT2D eigenvalue weighted by Gasteiger charge is -2.11. The molecule has 1 aromatic carbocycles. The first kappa shape index (κ1) is 18.4. The Morgan fingerprint density at radius 2 is 1.92 bits per heavy atom. The number of nitro groups is 1. The molecular weight excluding hydrogens is 328 g/mol. The van der Waals surface area contributed by atoms with Gasteiger partial charge in [0.1, 0.15) is 5.52 Å². The summed E-state index contributed by atoms with van der Waals surface area (Å²) in [6.45, 7) is 2.11. The van der Waals surface area contributed by atoms with E-state index in [1.165, 1.54) is 26.4 Å². The largest absolute Gasteiger partial charge is 0.477 e. The van der Waals surface area contributed by atoms with Gasteiger partial charge in [0.05, 0.1) is 24.7 Å². The van der Waals surface area contributed by atoms with Crippen molar-refractivity contribution in [3.05, 3.63) is 27.8 Å². The summed E-state index contributed by atoms with van der Waals surface area (Å²) < 4.78 is 10.2. The summed E-state index contributed by atoms with van der Waals surface area (Å²) in [6, 6.07) is 2.69. The summed E-state index contributed by atoms with van der Waals surface area (Å²) in [6.07, 6.45) is 2.11. The number of carbonyl (C=O) groups is 1. The number of methoxy groups -OCH3 is 2. The molecule has 2 aromatic rings. The highest BCUT2D eigenvalue weighted by atomic mass is 16.6. The lowest BCUT2D eigenvalue weighted by atomic mass is 10.1. The topological polar surface area (TPSA) is 116 Å². The van der Waals surface area contributed by atoms with Gasteiger partial charge in [-0.15, -0.1) is 0 Å². The number of hydrogen-bond donors (Lipinski definition) is 1. The predicted molar refractivity (Wildman–Crippen MR) is 90.7 cm³/mol. The highest BCUT2D eigenvalue weighted by molar-refractivity contribution is 5.83. The molecule has 1 aromatic heterocycles. The second kappa shape index (κ2) is 8.22. The molecule has 0 bridgehead atoms. The number of non-ortho nitro benzene ring substituents is 1. The number of ether oxygens (including phenoxy) is 2. The van der Waals surface area contributed by atoms with Crippen molar-refractivity contribution in [1.82, 2.24) is 15.3 Å². The summed E-state index contributed by atoms with van der Waals surface area (Å²) in [5.41, 5.74) is 1.07. The maximum Gasteiger partial charge on any atom is 0.278 e. The van der Waals surface area contributed by atoms with Crippen LogP contribution in [0.5, 0.6) is 11.8 Å². The van der Waals surface area contributed by atoms with Crippen molar-refractivity contribution in [3.8, 4) is 11.8 Å². The molecule has 0 radical (unpaired) electrons. The van der Waals surface area contributed by atoms with E-state index in [0.29, 0.717) is 23.0 Å². The number of aromatic nitrogens is 2. The first-order chi connectivity index (χ1) is 12.0. The fourth-order valence-electron chi connectivity index (χ4n) is 2.31. The van der Waals surface area contributed by atoms with Crippen molar-refractivity contribution in [2.45, 2.75) is 32.7 Å². The van der Waals surface area contributed by atoms with E-state index in [1.54, 1.807) is 0 Å². The average Bonchev–Trinajstić information content (AvgIpc) is 2.62. The van der Waals surface area contributed by atoms with E-state index in [0.717, 1.165) is 12.8 Å². The Bertz CT molecular complexity index is 794. The van der Waals surface area contributed by atoms with Crippen molar-refractivity contribution < 1.29 is 19.2 Å². The van der Waals surface area contributed by atoms with Crippen LogP contribution in [-0.2, 0) is 11.3 Å². The number of unbranched alkanes of at least 4 members (excludes halogenated alkanes) is 1. The van der Waals surface area contributed by atoms with E-state index >= 15 is 0 Å². The molecule has 0 atom stereocenters. The fraction of sp³-hybridized carbons (Fsp3) is 0.438. The molecule has 1 heterocycles. The van der Waals surface area contributed by atoms with Gasteiger partial charge in [0.25, 0.3) is 17.4 Å². The molecular formula is C16H20N4O5. The summed E-state index contributed by atoms with van der Waals surface area (Å²) in [5, 5.41) is 13.9. The van der Waals surface area contributed by atoms with Crippen molar-refractivity contribution in [2.75, 3.05) is 14.2 Å². The Balaban J connectivity index is 2.44. The molecule has 25 heavy (non-hydrogen) atoms. The number of amides is 1. The Morgan fingerprint density at radius 1 is 1.24 bits per heavy atom. The Kier molecular flexibility index (Phi) is 6.04. The monoisotopic (exact) mass is 348 g/mol. The molecule has 0 spiro atoms. The number of hydrogen-bond acceptors (Lipinski definition) is 7. The Labute approximate surface area is 144 Å². The van der Waals surface area contributed by atoms with Gasteiger partial charge in [0.15, 0.2) is 0 Å². The number of rotatable bonds is 8. The van der Waals surface area contributed by atoms with Gasteiger partial charge in [0, 0.05) is 30.7 Å². The van der Waals surface area contributed by atoms with Gasteiger partial charge in [-0.25, -0.2) is 9.97 Å². The highest BCUT2D eigenvalue weighted by Crippen LogP contribution is 2.29. The molecule has 0 aliphatic rings. The molecule has 0 unspecified atom stereocenters. The van der Waals surface area contributed by atoms with E-state index in [1.807, 2.05) is 6.92 Å². The molecule has 9 heteroatoms. The smallest absolute Gasteiger partial charge is 0.278 e. The Hall–Kier alpha value is -2.97. The van der Waals surface area contributed by atoms with Crippen LogP contribution in [0.2, 0.25) is 0 Å². The van der Waals surface area contributed by atoms with Crippen molar-refractivity contribution in [2.24, 2.45) is 0 Å². The van der Waals surface area contributed by atoms with E-state index in [4.69, 9.17) is 9.47 Å². The number of fused-ring (bicyclic) bond motifs is 1. The standard InChI is InChI=1S/C16H20N4O5/c1-4-5-6-13(21)17-9-10-7-11(20(22)23)8-12-14(10)19-16(25-3)15(18-12)24-2/h7-8H,4-6,9H2,1-3H3,(H,17,21). The number of nitrogens with one attached hydrogen (secondary N) is 1. The van der Waals surface area contributed by atoms with Crippen LogP contribution in [-0.4, -0.2) is 35.0 Å². The third-order valence-electron chi connectivity index (χ3n) is 3.60. The maximum atomic E-state index is 11.8. The van der Waals surface area contributed by atoms with Gasteiger partial charge >= 0.3 is 0 Å². The van der Waals surface area contributed by atoms with E-state index in [9.17, 15) is 14.9 Å². The van der Waals surface area contributed by atoms with Gasteiger partial charge in [-0.2, -0.15) is 0 Å². The molecule has 1 amide bonds. The summed E-state index contributed by atoms with van der Waals surface area (Å²) in [4.78, 5) is 31.0. The van der Waals surface area contributed by atoms with E-state index in [-0.39, 0.29) is 29.9 Å². The quantitative estimate of drug-likeness (QED) is 0.575. The third-order valence-corrected chi connectivity index (χ3v) is 3.60. The predicted octanol–water partition coefficient (Wildman–Crippen LogP) is 2.36. The molecule has 0 aliphatic carbocycles. The minimum atomic E-state index is -0.514. The zero-order chi connectivity index (χ0) is 18.4. The lowest BCUT2D eigenvalue weighted by Crippen LogP contribution is -2.22. The van der Waals surface area contributed by atoms with Crippen LogP contribution in [0.25, 0.3) is 11.0 Å². The first-order valence-electron chi connectivity index (χ1n) is 7.83. The molecule has 0 fully saturated rings. The van der Waals surface area contributed by atoms with Gasteiger partial charge < -0.3 is 14.8 Å². The second-order valence-corrected chi connectivity index (χ2v) is 5.35. The molecule has 2 rings (SSSR count). The minimum Gasteiger partial charge on any atom is -0.477 e. The van der Waals surface area contributed by atoms with Gasteiger partial charge in [-0.1, -0.05) is 13.3 Å². The summed E-state index contributed by atoms with van der Waals surface area (Å²) in [7, 11) is 2.83. The van der Waals surface area contributed by atoms with Gasteiger partial charge in [-0.3, -0.25) is 14.9 Å². The number of nitrogens with zero attached hydrogens (tertiary/aromatic N) is 3. The van der Waals surface area contributed by atoms with Crippen LogP contribution in [0.15, 0.2) is 12.1 Å². The van der Waals surface area contributed by atoms with Crippen molar-refractivity contribution in [3.63, 3.8) is 0 Å². The molecule has 0 saturated carbocycles. The lowest BCUT2D eigenvalue weighted by molar-refractivity contribution is -0.384. The molecule has 1 N–H and O–H groups in total. The van der Waals surface area contributed by atoms with Crippen LogP contribution in [0.3, 0.4) is 0 Å². The van der Waals surface area contributed by atoms with Crippen molar-refractivity contribution in [1.29, 1.82) is 0 Å². The van der Waals surface area contributed by atoms with Crippen LogP contribution < -0.4 is 14.8 Å². The van der Waals surface area contributed by atoms with Gasteiger partial charge in [-0.05, 0) is 6.42 Å². The molecule has 0 saturated heterocycles. The number of carbonyl (C=O) groups excluding carboxylic acids is 1. The minimum absolute atomic E-state index is 0.116. The van der Waals surface area contributed by atoms with E-state index in [2.05, 4.69) is 15.3 Å². The molecule has 0 aliphatic heterocycles. The zero-order valence-corrected chi connectivity index (χ0v) is 14.4. The summed E-state index contributed by atoms with van der Waals surface area (Å²) in [5.74, 6) is 0.186. The molecule has 9 nitrogen and oxygen atoms in total.